The summed E-state index contributed by atoms with van der Waals surface area (Å²) in [6.07, 6.45) is 1.49. The van der Waals surface area contributed by atoms with E-state index in [2.05, 4.69) is 15.9 Å². The summed E-state index contributed by atoms with van der Waals surface area (Å²) in [6.45, 7) is 0. The van der Waals surface area contributed by atoms with Gasteiger partial charge in [0, 0.05) is 10.5 Å². The molecule has 0 atom stereocenters. The molecule has 0 aromatic heterocycles. The molecule has 9 heteroatoms. The average Bonchev–Trinajstić information content (AvgIpc) is 2.84. The molecule has 0 unspecified atom stereocenters. The van der Waals surface area contributed by atoms with Crippen LogP contribution in [0.4, 0.5) is 11.4 Å². The van der Waals surface area contributed by atoms with Gasteiger partial charge in [0.05, 0.1) is 15.5 Å². The minimum absolute atomic E-state index is 0.314. The second-order valence-corrected chi connectivity index (χ2v) is 7.57. The van der Waals surface area contributed by atoms with Crippen LogP contribution in [-0.2, 0) is 4.79 Å². The molecule has 0 radical (unpaired) electrons. The zero-order valence-electron chi connectivity index (χ0n) is 12.3. The number of amides is 1. The molecule has 1 fully saturated rings. The minimum Gasteiger partial charge on any atom is -0.868 e. The number of thioether (sulfide) groups is 1. The summed E-state index contributed by atoms with van der Waals surface area (Å²) in [5.41, 5.74) is 0.495. The number of carbonyl (C=O) groups excluding carboxylic acids is 1. The highest BCUT2D eigenvalue weighted by molar-refractivity contribution is 9.10. The van der Waals surface area contributed by atoms with E-state index in [1.165, 1.54) is 17.0 Å². The van der Waals surface area contributed by atoms with Gasteiger partial charge in [-0.3, -0.25) is 19.8 Å². The Bertz CT molecular complexity index is 928. The van der Waals surface area contributed by atoms with E-state index < -0.39 is 16.4 Å². The molecular formula is C16H8BrN2O4S2-. The fourth-order valence-electron chi connectivity index (χ4n) is 2.20. The molecule has 1 aliphatic rings. The van der Waals surface area contributed by atoms with Gasteiger partial charge in [-0.25, -0.2) is 0 Å². The third kappa shape index (κ3) is 3.58. The number of hydrogen-bond donors (Lipinski definition) is 0. The Balaban J connectivity index is 1.94. The van der Waals surface area contributed by atoms with E-state index in [1.54, 1.807) is 24.3 Å². The first-order chi connectivity index (χ1) is 11.9. The van der Waals surface area contributed by atoms with Crippen molar-refractivity contribution in [3.63, 3.8) is 0 Å². The molecule has 1 saturated heterocycles. The SMILES string of the molecule is O=C1/C(=C/c2ccc([O-])c([N+](=O)[O-])c2)SC(=S)N1c1ccc(Br)cc1. The van der Waals surface area contributed by atoms with E-state index in [0.717, 1.165) is 28.4 Å². The van der Waals surface area contributed by atoms with Gasteiger partial charge < -0.3 is 5.11 Å². The summed E-state index contributed by atoms with van der Waals surface area (Å²) in [7, 11) is 0. The van der Waals surface area contributed by atoms with Crippen molar-refractivity contribution in [2.24, 2.45) is 0 Å². The van der Waals surface area contributed by atoms with Crippen LogP contribution in [0.2, 0.25) is 0 Å². The van der Waals surface area contributed by atoms with Gasteiger partial charge in [-0.15, -0.1) is 0 Å². The van der Waals surface area contributed by atoms with Crippen LogP contribution >= 0.6 is 39.9 Å². The van der Waals surface area contributed by atoms with Crippen molar-refractivity contribution in [3.05, 3.63) is 67.5 Å². The first-order valence-corrected chi connectivity index (χ1v) is 8.87. The normalized spacial score (nSPS) is 15.9. The van der Waals surface area contributed by atoms with Gasteiger partial charge in [-0.2, -0.15) is 0 Å². The number of nitrogens with zero attached hydrogens (tertiary/aromatic N) is 2. The summed E-state index contributed by atoms with van der Waals surface area (Å²) in [4.78, 5) is 24.5. The molecule has 2 aromatic rings. The number of anilines is 1. The lowest BCUT2D eigenvalue weighted by Gasteiger charge is -2.14. The second-order valence-electron chi connectivity index (χ2n) is 4.98. The summed E-state index contributed by atoms with van der Waals surface area (Å²) >= 11 is 9.71. The van der Waals surface area contributed by atoms with E-state index in [-0.39, 0.29) is 5.91 Å². The highest BCUT2D eigenvalue weighted by Crippen LogP contribution is 2.37. The topological polar surface area (TPSA) is 86.5 Å². The number of halogens is 1. The van der Waals surface area contributed by atoms with Gasteiger partial charge in [-0.05, 0) is 41.7 Å². The van der Waals surface area contributed by atoms with E-state index in [4.69, 9.17) is 12.2 Å². The first kappa shape index (κ1) is 17.6. The Labute approximate surface area is 160 Å². The summed E-state index contributed by atoms with van der Waals surface area (Å²) in [5, 5.41) is 22.3. The zero-order chi connectivity index (χ0) is 18.1. The number of hydrogen-bond acceptors (Lipinski definition) is 6. The van der Waals surface area contributed by atoms with Crippen molar-refractivity contribution in [2.75, 3.05) is 4.90 Å². The van der Waals surface area contributed by atoms with Crippen molar-refractivity contribution < 1.29 is 14.8 Å². The standard InChI is InChI=1S/C16H9BrN2O4S2/c17-10-2-4-11(5-3-10)18-15(21)14(25-16(18)24)8-9-1-6-13(20)12(7-9)19(22)23/h1-8,20H/p-1/b14-8-. The predicted octanol–water partition coefficient (Wildman–Crippen LogP) is 3.84. The number of thiocarbonyl (C=S) groups is 1. The van der Waals surface area contributed by atoms with Gasteiger partial charge >= 0.3 is 0 Å². The lowest BCUT2D eigenvalue weighted by atomic mass is 10.1. The Morgan fingerprint density at radius 3 is 2.52 bits per heavy atom. The molecule has 126 valence electrons. The maximum atomic E-state index is 12.6. The fraction of sp³-hybridized carbons (Fsp3) is 0. The molecule has 0 bridgehead atoms. The lowest BCUT2D eigenvalue weighted by Crippen LogP contribution is -2.27. The minimum atomic E-state index is -0.743. The summed E-state index contributed by atoms with van der Waals surface area (Å²) in [6, 6.07) is 10.8. The van der Waals surface area contributed by atoms with Gasteiger partial charge in [0.25, 0.3) is 11.6 Å². The maximum Gasteiger partial charge on any atom is 0.270 e. The number of carbonyl (C=O) groups is 1. The molecule has 1 heterocycles. The average molecular weight is 436 g/mol. The van der Waals surface area contributed by atoms with Gasteiger partial charge in [0.15, 0.2) is 4.32 Å². The quantitative estimate of drug-likeness (QED) is 0.315. The van der Waals surface area contributed by atoms with Crippen LogP contribution < -0.4 is 10.0 Å². The van der Waals surface area contributed by atoms with Crippen LogP contribution in [0, 0.1) is 10.1 Å². The molecule has 6 nitrogen and oxygen atoms in total. The first-order valence-electron chi connectivity index (χ1n) is 6.86. The molecular weight excluding hydrogens is 428 g/mol. The molecule has 2 aromatic carbocycles. The summed E-state index contributed by atoms with van der Waals surface area (Å²) in [5.74, 6) is -0.990. The third-order valence-electron chi connectivity index (χ3n) is 3.36. The van der Waals surface area contributed by atoms with Crippen LogP contribution in [0.1, 0.15) is 5.56 Å². The molecule has 0 saturated carbocycles. The largest absolute Gasteiger partial charge is 0.868 e. The number of rotatable bonds is 3. The van der Waals surface area contributed by atoms with Gasteiger partial charge in [-0.1, -0.05) is 52.0 Å². The molecule has 1 amide bonds. The molecule has 25 heavy (non-hydrogen) atoms. The fourth-order valence-corrected chi connectivity index (χ4v) is 3.76. The van der Waals surface area contributed by atoms with Crippen molar-refractivity contribution in [2.45, 2.75) is 0 Å². The van der Waals surface area contributed by atoms with Gasteiger partial charge in [0.1, 0.15) is 0 Å². The number of nitro groups is 1. The third-order valence-corrected chi connectivity index (χ3v) is 5.19. The van der Waals surface area contributed by atoms with Crippen LogP contribution in [0.3, 0.4) is 0 Å². The Hall–Kier alpha value is -2.23. The zero-order valence-corrected chi connectivity index (χ0v) is 15.6. The van der Waals surface area contributed by atoms with Crippen molar-refractivity contribution >= 4 is 67.6 Å². The van der Waals surface area contributed by atoms with Crippen molar-refractivity contribution in [1.82, 2.24) is 0 Å². The number of benzene rings is 2. The molecule has 0 spiro atoms. The van der Waals surface area contributed by atoms with Crippen LogP contribution in [0.25, 0.3) is 6.08 Å². The van der Waals surface area contributed by atoms with Crippen LogP contribution in [-0.4, -0.2) is 15.2 Å². The van der Waals surface area contributed by atoms with E-state index >= 15 is 0 Å². The number of nitro benzene ring substituents is 1. The lowest BCUT2D eigenvalue weighted by molar-refractivity contribution is -0.398. The molecule has 0 aliphatic carbocycles. The van der Waals surface area contributed by atoms with Crippen molar-refractivity contribution in [3.8, 4) is 5.75 Å². The van der Waals surface area contributed by atoms with E-state index in [9.17, 15) is 20.0 Å². The van der Waals surface area contributed by atoms with E-state index in [0.29, 0.717) is 20.5 Å². The van der Waals surface area contributed by atoms with Crippen molar-refractivity contribution in [1.29, 1.82) is 0 Å². The molecule has 3 rings (SSSR count). The highest BCUT2D eigenvalue weighted by Gasteiger charge is 2.33. The Kier molecular flexibility index (Phi) is 4.89. The Morgan fingerprint density at radius 1 is 1.20 bits per heavy atom. The smallest absolute Gasteiger partial charge is 0.270 e. The van der Waals surface area contributed by atoms with Crippen LogP contribution in [0.5, 0.6) is 5.75 Å². The summed E-state index contributed by atoms with van der Waals surface area (Å²) < 4.78 is 1.25. The highest BCUT2D eigenvalue weighted by atomic mass is 79.9. The maximum absolute atomic E-state index is 12.6. The monoisotopic (exact) mass is 435 g/mol. The Morgan fingerprint density at radius 2 is 1.88 bits per heavy atom. The molecule has 0 N–H and O–H groups in total. The van der Waals surface area contributed by atoms with Crippen LogP contribution in [0.15, 0.2) is 51.8 Å². The predicted molar refractivity (Wildman–Crippen MR) is 102 cm³/mol. The molecule has 1 aliphatic heterocycles. The van der Waals surface area contributed by atoms with Gasteiger partial charge in [0.2, 0.25) is 0 Å². The second kappa shape index (κ2) is 6.95. The van der Waals surface area contributed by atoms with E-state index in [1.807, 2.05) is 0 Å².